The van der Waals surface area contributed by atoms with Crippen molar-refractivity contribution in [3.8, 4) is 11.5 Å². The number of nitrogens with zero attached hydrogens (tertiary/aromatic N) is 2. The summed E-state index contributed by atoms with van der Waals surface area (Å²) >= 11 is 11.9. The summed E-state index contributed by atoms with van der Waals surface area (Å²) < 4.78 is 11.4. The molecule has 1 unspecified atom stereocenters. The van der Waals surface area contributed by atoms with Gasteiger partial charge in [-0.15, -0.1) is 0 Å². The van der Waals surface area contributed by atoms with Crippen molar-refractivity contribution < 1.29 is 19.1 Å². The van der Waals surface area contributed by atoms with Crippen molar-refractivity contribution in [1.82, 2.24) is 9.88 Å². The highest BCUT2D eigenvalue weighted by Gasteiger charge is 2.25. The molecule has 1 saturated heterocycles. The van der Waals surface area contributed by atoms with E-state index in [0.717, 1.165) is 12.8 Å². The Morgan fingerprint density at radius 2 is 2.07 bits per heavy atom. The molecule has 148 valence electrons. The third kappa shape index (κ3) is 5.27. The zero-order valence-corrected chi connectivity index (χ0v) is 16.4. The molecular weight excluding hydrogens is 405 g/mol. The van der Waals surface area contributed by atoms with Crippen LogP contribution in [0.3, 0.4) is 0 Å². The summed E-state index contributed by atoms with van der Waals surface area (Å²) in [7, 11) is 0. The molecule has 0 radical (unpaired) electrons. The molecule has 7 nitrogen and oxygen atoms in total. The predicted molar refractivity (Wildman–Crippen MR) is 105 cm³/mol. The zero-order valence-electron chi connectivity index (χ0n) is 14.9. The number of aromatic nitrogens is 1. The maximum Gasteiger partial charge on any atom is 0.267 e. The van der Waals surface area contributed by atoms with E-state index in [1.165, 1.54) is 12.3 Å². The van der Waals surface area contributed by atoms with Crippen molar-refractivity contribution in [1.29, 1.82) is 0 Å². The molecule has 0 aliphatic carbocycles. The largest absolute Gasteiger partial charge is 0.488 e. The third-order valence-electron chi connectivity index (χ3n) is 4.26. The number of benzene rings is 1. The second kappa shape index (κ2) is 9.12. The number of pyridine rings is 1. The normalized spacial score (nSPS) is 16.5. The Hall–Kier alpha value is -2.51. The first-order valence-electron chi connectivity index (χ1n) is 8.70. The Morgan fingerprint density at radius 1 is 1.25 bits per heavy atom. The van der Waals surface area contributed by atoms with Crippen molar-refractivity contribution in [2.75, 3.05) is 19.7 Å². The van der Waals surface area contributed by atoms with Crippen molar-refractivity contribution in [2.45, 2.75) is 18.9 Å². The molecule has 1 aromatic heterocycles. The monoisotopic (exact) mass is 423 g/mol. The van der Waals surface area contributed by atoms with Gasteiger partial charge in [0.2, 0.25) is 0 Å². The van der Waals surface area contributed by atoms with Crippen LogP contribution in [0.4, 0.5) is 0 Å². The highest BCUT2D eigenvalue weighted by Crippen LogP contribution is 2.27. The van der Waals surface area contributed by atoms with Crippen LogP contribution < -0.4 is 15.2 Å². The standard InChI is InChI=1S/C19H19Cl2N3O4/c20-12-3-4-17(15(21)8-12)27-11-18(25)24-7-1-2-14(10-24)28-13-5-6-23-16(9-13)19(22)26/h3-6,8-9,14H,1-2,7,10-11H2,(H2,22,26). The van der Waals surface area contributed by atoms with Crippen LogP contribution >= 0.6 is 23.2 Å². The molecule has 1 aliphatic rings. The average molecular weight is 424 g/mol. The molecular formula is C19H19Cl2N3O4. The van der Waals surface area contributed by atoms with Crippen LogP contribution in [0, 0.1) is 0 Å². The molecule has 2 aromatic rings. The third-order valence-corrected chi connectivity index (χ3v) is 4.79. The van der Waals surface area contributed by atoms with Crippen LogP contribution in [0.15, 0.2) is 36.5 Å². The van der Waals surface area contributed by atoms with Gasteiger partial charge < -0.3 is 20.1 Å². The lowest BCUT2D eigenvalue weighted by atomic mass is 10.1. The quantitative estimate of drug-likeness (QED) is 0.770. The molecule has 1 aromatic carbocycles. The van der Waals surface area contributed by atoms with Gasteiger partial charge in [0.15, 0.2) is 6.61 Å². The van der Waals surface area contributed by atoms with Crippen LogP contribution in [-0.2, 0) is 4.79 Å². The van der Waals surface area contributed by atoms with Crippen LogP contribution in [0.5, 0.6) is 11.5 Å². The zero-order chi connectivity index (χ0) is 20.1. The number of halogens is 2. The first-order chi connectivity index (χ1) is 13.4. The molecule has 1 aliphatic heterocycles. The summed E-state index contributed by atoms with van der Waals surface area (Å²) in [4.78, 5) is 29.3. The lowest BCUT2D eigenvalue weighted by molar-refractivity contribution is -0.136. The molecule has 9 heteroatoms. The lowest BCUT2D eigenvalue weighted by Gasteiger charge is -2.33. The molecule has 3 rings (SSSR count). The number of likely N-dealkylation sites (tertiary alicyclic amines) is 1. The fourth-order valence-electron chi connectivity index (χ4n) is 2.90. The molecule has 0 bridgehead atoms. The van der Waals surface area contributed by atoms with Gasteiger partial charge in [-0.2, -0.15) is 0 Å². The Labute approximate surface area is 172 Å². The minimum Gasteiger partial charge on any atom is -0.488 e. The number of carbonyl (C=O) groups excluding carboxylic acids is 2. The fraction of sp³-hybridized carbons (Fsp3) is 0.316. The second-order valence-corrected chi connectivity index (χ2v) is 7.17. The van der Waals surface area contributed by atoms with E-state index in [2.05, 4.69) is 4.98 Å². The maximum atomic E-state index is 12.5. The number of ether oxygens (including phenoxy) is 2. The number of nitrogens with two attached hydrogens (primary N) is 1. The minimum atomic E-state index is -0.621. The van der Waals surface area contributed by atoms with Crippen LogP contribution in [0.2, 0.25) is 10.0 Å². The highest BCUT2D eigenvalue weighted by molar-refractivity contribution is 6.35. The smallest absolute Gasteiger partial charge is 0.267 e. The first kappa shape index (κ1) is 20.2. The summed E-state index contributed by atoms with van der Waals surface area (Å²) in [6, 6.07) is 7.98. The Morgan fingerprint density at radius 3 is 2.82 bits per heavy atom. The number of carbonyl (C=O) groups is 2. The van der Waals surface area contributed by atoms with E-state index in [1.807, 2.05) is 0 Å². The molecule has 1 fully saturated rings. The maximum absolute atomic E-state index is 12.5. The summed E-state index contributed by atoms with van der Waals surface area (Å²) in [6.07, 6.45) is 2.86. The van der Waals surface area contributed by atoms with Crippen molar-refractivity contribution in [2.24, 2.45) is 5.73 Å². The second-order valence-electron chi connectivity index (χ2n) is 6.33. The Bertz CT molecular complexity index is 878. The van der Waals surface area contributed by atoms with E-state index in [4.69, 9.17) is 38.4 Å². The van der Waals surface area contributed by atoms with Gasteiger partial charge in [0, 0.05) is 23.8 Å². The van der Waals surface area contributed by atoms with Gasteiger partial charge in [-0.25, -0.2) is 0 Å². The van der Waals surface area contributed by atoms with E-state index in [-0.39, 0.29) is 24.3 Å². The molecule has 28 heavy (non-hydrogen) atoms. The lowest BCUT2D eigenvalue weighted by Crippen LogP contribution is -2.46. The van der Waals surface area contributed by atoms with Gasteiger partial charge in [-0.1, -0.05) is 23.2 Å². The van der Waals surface area contributed by atoms with Crippen LogP contribution in [-0.4, -0.2) is 47.5 Å². The SMILES string of the molecule is NC(=O)c1cc(OC2CCCN(C(=O)COc3ccc(Cl)cc3Cl)C2)ccn1. The van der Waals surface area contributed by atoms with Gasteiger partial charge in [-0.3, -0.25) is 14.6 Å². The summed E-state index contributed by atoms with van der Waals surface area (Å²) in [5, 5.41) is 0.846. The summed E-state index contributed by atoms with van der Waals surface area (Å²) in [5.74, 6) is 0.114. The van der Waals surface area contributed by atoms with Crippen molar-refractivity contribution >= 4 is 35.0 Å². The van der Waals surface area contributed by atoms with Gasteiger partial charge in [-0.05, 0) is 37.1 Å². The van der Waals surface area contributed by atoms with Crippen molar-refractivity contribution in [3.63, 3.8) is 0 Å². The Balaban J connectivity index is 1.56. The van der Waals surface area contributed by atoms with Gasteiger partial charge >= 0.3 is 0 Å². The van der Waals surface area contributed by atoms with Gasteiger partial charge in [0.1, 0.15) is 23.3 Å². The predicted octanol–water partition coefficient (Wildman–Crippen LogP) is 2.94. The van der Waals surface area contributed by atoms with E-state index >= 15 is 0 Å². The summed E-state index contributed by atoms with van der Waals surface area (Å²) in [5.41, 5.74) is 5.37. The minimum absolute atomic E-state index is 0.130. The van der Waals surface area contributed by atoms with Crippen LogP contribution in [0.25, 0.3) is 0 Å². The average Bonchev–Trinajstić information content (AvgIpc) is 2.67. The molecule has 1 atom stereocenters. The molecule has 0 saturated carbocycles. The number of hydrogen-bond acceptors (Lipinski definition) is 5. The molecule has 2 N–H and O–H groups in total. The number of amides is 2. The molecule has 0 spiro atoms. The first-order valence-corrected chi connectivity index (χ1v) is 9.46. The van der Waals surface area contributed by atoms with E-state index in [0.29, 0.717) is 34.6 Å². The highest BCUT2D eigenvalue weighted by atomic mass is 35.5. The topological polar surface area (TPSA) is 94.8 Å². The van der Waals surface area contributed by atoms with Gasteiger partial charge in [0.05, 0.1) is 11.6 Å². The van der Waals surface area contributed by atoms with E-state index in [9.17, 15) is 9.59 Å². The van der Waals surface area contributed by atoms with E-state index < -0.39 is 5.91 Å². The van der Waals surface area contributed by atoms with Crippen molar-refractivity contribution in [3.05, 3.63) is 52.3 Å². The van der Waals surface area contributed by atoms with Gasteiger partial charge in [0.25, 0.3) is 11.8 Å². The Kier molecular flexibility index (Phi) is 6.59. The number of rotatable bonds is 6. The van der Waals surface area contributed by atoms with E-state index in [1.54, 1.807) is 29.2 Å². The number of piperidine rings is 1. The van der Waals surface area contributed by atoms with Crippen LogP contribution in [0.1, 0.15) is 23.3 Å². The number of hydrogen-bond donors (Lipinski definition) is 1. The number of primary amides is 1. The summed E-state index contributed by atoms with van der Waals surface area (Å²) in [6.45, 7) is 0.916. The fourth-order valence-corrected chi connectivity index (χ4v) is 3.36. The molecule has 2 heterocycles. The molecule has 2 amide bonds.